The van der Waals surface area contributed by atoms with E-state index in [9.17, 15) is 4.79 Å². The van der Waals surface area contributed by atoms with Crippen molar-refractivity contribution in [3.63, 3.8) is 0 Å². The van der Waals surface area contributed by atoms with E-state index in [-0.39, 0.29) is 11.9 Å². The van der Waals surface area contributed by atoms with Gasteiger partial charge in [-0.2, -0.15) is 5.10 Å². The molecule has 174 valence electrons. The molecule has 1 amide bonds. The first-order valence-corrected chi connectivity index (χ1v) is 12.0. The summed E-state index contributed by atoms with van der Waals surface area (Å²) < 4.78 is 2.56. The molecule has 0 aliphatic carbocycles. The fourth-order valence-electron chi connectivity index (χ4n) is 4.59. The number of anilines is 3. The maximum atomic E-state index is 13.0. The van der Waals surface area contributed by atoms with E-state index in [0.717, 1.165) is 67.2 Å². The van der Waals surface area contributed by atoms with Crippen LogP contribution in [0.2, 0.25) is 0 Å². The van der Waals surface area contributed by atoms with Crippen molar-refractivity contribution in [1.29, 1.82) is 0 Å². The number of carbonyl (C=O) groups is 1. The SMILES string of the molecule is CN1CCN(c2cccc(C(=O)N[C@@H]3CCCN(c4cc(Br)n5ncnc(N)c45)C3)n2)CC1. The molecular formula is C22H28BrN9O. The van der Waals surface area contributed by atoms with Gasteiger partial charge in [-0.15, -0.1) is 0 Å². The van der Waals surface area contributed by atoms with Crippen molar-refractivity contribution in [3.05, 3.63) is 40.9 Å². The van der Waals surface area contributed by atoms with Gasteiger partial charge in [-0.25, -0.2) is 14.5 Å². The number of piperidine rings is 1. The first-order valence-electron chi connectivity index (χ1n) is 11.2. The Morgan fingerprint density at radius 2 is 2.00 bits per heavy atom. The van der Waals surface area contributed by atoms with E-state index < -0.39 is 0 Å². The molecule has 0 radical (unpaired) electrons. The van der Waals surface area contributed by atoms with Crippen LogP contribution in [-0.4, -0.2) is 82.7 Å². The number of hydrogen-bond donors (Lipinski definition) is 2. The van der Waals surface area contributed by atoms with Crippen molar-refractivity contribution in [2.45, 2.75) is 18.9 Å². The number of hydrogen-bond acceptors (Lipinski definition) is 8. The second kappa shape index (κ2) is 9.14. The summed E-state index contributed by atoms with van der Waals surface area (Å²) in [6, 6.07) is 7.70. The van der Waals surface area contributed by atoms with Crippen LogP contribution in [0.25, 0.3) is 5.52 Å². The molecule has 2 saturated heterocycles. The number of nitrogens with one attached hydrogen (secondary N) is 1. The van der Waals surface area contributed by atoms with Crippen LogP contribution in [0.15, 0.2) is 35.2 Å². The maximum absolute atomic E-state index is 13.0. The molecule has 0 unspecified atom stereocenters. The van der Waals surface area contributed by atoms with Crippen LogP contribution in [0.3, 0.4) is 0 Å². The molecule has 5 heterocycles. The Labute approximate surface area is 200 Å². The Balaban J connectivity index is 1.29. The molecule has 3 N–H and O–H groups in total. The van der Waals surface area contributed by atoms with E-state index >= 15 is 0 Å². The number of carbonyl (C=O) groups excluding carboxylic acids is 1. The number of amides is 1. The van der Waals surface area contributed by atoms with Crippen LogP contribution in [0.5, 0.6) is 0 Å². The van der Waals surface area contributed by atoms with Gasteiger partial charge in [-0.1, -0.05) is 6.07 Å². The van der Waals surface area contributed by atoms with Crippen LogP contribution in [0, 0.1) is 0 Å². The van der Waals surface area contributed by atoms with Crippen molar-refractivity contribution >= 4 is 44.7 Å². The number of nitrogens with zero attached hydrogens (tertiary/aromatic N) is 7. The topological polar surface area (TPSA) is 108 Å². The van der Waals surface area contributed by atoms with Gasteiger partial charge in [0.15, 0.2) is 5.82 Å². The molecule has 5 rings (SSSR count). The van der Waals surface area contributed by atoms with E-state index in [1.54, 1.807) is 10.6 Å². The number of piperazine rings is 1. The number of pyridine rings is 1. The lowest BCUT2D eigenvalue weighted by Crippen LogP contribution is -2.48. The molecule has 0 aromatic carbocycles. The smallest absolute Gasteiger partial charge is 0.270 e. The van der Waals surface area contributed by atoms with Gasteiger partial charge < -0.3 is 25.8 Å². The Morgan fingerprint density at radius 1 is 1.18 bits per heavy atom. The Morgan fingerprint density at radius 3 is 2.82 bits per heavy atom. The molecule has 0 spiro atoms. The minimum Gasteiger partial charge on any atom is -0.382 e. The van der Waals surface area contributed by atoms with E-state index in [4.69, 9.17) is 5.73 Å². The predicted molar refractivity (Wildman–Crippen MR) is 132 cm³/mol. The zero-order chi connectivity index (χ0) is 22.9. The average Bonchev–Trinajstić information content (AvgIpc) is 3.18. The minimum atomic E-state index is -0.136. The number of aromatic nitrogens is 4. The molecule has 3 aromatic rings. The van der Waals surface area contributed by atoms with E-state index in [1.165, 1.54) is 6.33 Å². The van der Waals surface area contributed by atoms with Crippen LogP contribution >= 0.6 is 15.9 Å². The second-order valence-electron chi connectivity index (χ2n) is 8.69. The number of nitrogens with two attached hydrogens (primary N) is 1. The summed E-state index contributed by atoms with van der Waals surface area (Å²) in [5.74, 6) is 1.16. The minimum absolute atomic E-state index is 0.0138. The Hall–Kier alpha value is -2.92. The number of halogens is 1. The first kappa shape index (κ1) is 21.9. The van der Waals surface area contributed by atoms with Gasteiger partial charge >= 0.3 is 0 Å². The van der Waals surface area contributed by atoms with Crippen LogP contribution in [0.4, 0.5) is 17.3 Å². The molecule has 2 fully saturated rings. The normalized spacial score (nSPS) is 19.8. The molecule has 2 aliphatic heterocycles. The van der Waals surface area contributed by atoms with Crippen molar-refractivity contribution in [3.8, 4) is 0 Å². The van der Waals surface area contributed by atoms with Gasteiger partial charge in [-0.05, 0) is 54.0 Å². The summed E-state index contributed by atoms with van der Waals surface area (Å²) in [7, 11) is 2.12. The Kier molecular flexibility index (Phi) is 6.07. The summed E-state index contributed by atoms with van der Waals surface area (Å²) in [6.45, 7) is 5.39. The largest absolute Gasteiger partial charge is 0.382 e. The Bertz CT molecular complexity index is 1160. The summed E-state index contributed by atoms with van der Waals surface area (Å²) in [5, 5.41) is 7.47. The number of likely N-dealkylation sites (N-methyl/N-ethyl adjacent to an activating group) is 1. The highest BCUT2D eigenvalue weighted by molar-refractivity contribution is 9.10. The fourth-order valence-corrected chi connectivity index (χ4v) is 5.07. The average molecular weight is 514 g/mol. The molecule has 0 saturated carbocycles. The quantitative estimate of drug-likeness (QED) is 0.541. The fraction of sp³-hybridized carbons (Fsp3) is 0.455. The third-order valence-electron chi connectivity index (χ3n) is 6.41. The molecule has 11 heteroatoms. The van der Waals surface area contributed by atoms with Gasteiger partial charge in [0.05, 0.1) is 5.69 Å². The van der Waals surface area contributed by atoms with E-state index in [0.29, 0.717) is 18.1 Å². The molecule has 1 atom stereocenters. The molecule has 33 heavy (non-hydrogen) atoms. The molecular weight excluding hydrogens is 486 g/mol. The standard InChI is InChI=1S/C22H28BrN9O/c1-29-8-10-30(11-9-29)19-6-2-5-16(28-19)22(33)27-15-4-3-7-31(13-15)17-12-18(23)32-20(17)21(24)25-14-26-32/h2,5-6,12,14-15H,3-4,7-11,13H2,1H3,(H,27,33)(H2,24,25,26)/t15-/m1/s1. The summed E-state index contributed by atoms with van der Waals surface area (Å²) in [4.78, 5) is 28.6. The van der Waals surface area contributed by atoms with Crippen molar-refractivity contribution in [2.24, 2.45) is 0 Å². The molecule has 0 bridgehead atoms. The highest BCUT2D eigenvalue weighted by Crippen LogP contribution is 2.32. The van der Waals surface area contributed by atoms with Crippen LogP contribution < -0.4 is 20.9 Å². The van der Waals surface area contributed by atoms with Gasteiger partial charge in [0.25, 0.3) is 5.91 Å². The lowest BCUT2D eigenvalue weighted by Gasteiger charge is -2.34. The zero-order valence-electron chi connectivity index (χ0n) is 18.6. The van der Waals surface area contributed by atoms with E-state index in [1.807, 2.05) is 18.2 Å². The highest BCUT2D eigenvalue weighted by atomic mass is 79.9. The number of rotatable bonds is 4. The lowest BCUT2D eigenvalue weighted by atomic mass is 10.0. The summed E-state index contributed by atoms with van der Waals surface area (Å²) >= 11 is 3.55. The van der Waals surface area contributed by atoms with Crippen LogP contribution in [-0.2, 0) is 0 Å². The molecule has 3 aromatic heterocycles. The van der Waals surface area contributed by atoms with Gasteiger partial charge in [-0.3, -0.25) is 4.79 Å². The van der Waals surface area contributed by atoms with Crippen molar-refractivity contribution in [2.75, 3.05) is 61.8 Å². The third kappa shape index (κ3) is 4.47. The second-order valence-corrected chi connectivity index (χ2v) is 9.50. The zero-order valence-corrected chi connectivity index (χ0v) is 20.2. The van der Waals surface area contributed by atoms with Gasteiger partial charge in [0.1, 0.15) is 28.0 Å². The highest BCUT2D eigenvalue weighted by Gasteiger charge is 2.26. The lowest BCUT2D eigenvalue weighted by molar-refractivity contribution is 0.0928. The third-order valence-corrected chi connectivity index (χ3v) is 6.98. The molecule has 10 nitrogen and oxygen atoms in total. The monoisotopic (exact) mass is 513 g/mol. The number of fused-ring (bicyclic) bond motifs is 1. The van der Waals surface area contributed by atoms with Crippen molar-refractivity contribution in [1.82, 2.24) is 29.8 Å². The van der Waals surface area contributed by atoms with E-state index in [2.05, 4.69) is 58.1 Å². The maximum Gasteiger partial charge on any atom is 0.270 e. The summed E-state index contributed by atoms with van der Waals surface area (Å²) in [6.07, 6.45) is 3.32. The van der Waals surface area contributed by atoms with Crippen LogP contribution in [0.1, 0.15) is 23.3 Å². The number of nitrogen functional groups attached to an aromatic ring is 1. The van der Waals surface area contributed by atoms with Gasteiger partial charge in [0, 0.05) is 45.3 Å². The van der Waals surface area contributed by atoms with Gasteiger partial charge in [0.2, 0.25) is 0 Å². The predicted octanol–water partition coefficient (Wildman–Crippen LogP) is 1.62. The first-order chi connectivity index (χ1) is 16.0. The van der Waals surface area contributed by atoms with Crippen molar-refractivity contribution < 1.29 is 4.79 Å². The summed E-state index contributed by atoms with van der Waals surface area (Å²) in [5.41, 5.74) is 8.35. The molecule has 2 aliphatic rings.